The zero-order chi connectivity index (χ0) is 15.0. The number of nitrogens with two attached hydrogens (primary N) is 1. The highest BCUT2D eigenvalue weighted by Crippen LogP contribution is 2.31. The lowest BCUT2D eigenvalue weighted by molar-refractivity contribution is 0.843. The summed E-state index contributed by atoms with van der Waals surface area (Å²) >= 11 is 3.55. The Morgan fingerprint density at radius 3 is 1.90 bits per heavy atom. The molecule has 0 aromatic heterocycles. The van der Waals surface area contributed by atoms with E-state index in [0.29, 0.717) is 0 Å². The molecule has 0 saturated carbocycles. The van der Waals surface area contributed by atoms with Crippen LogP contribution >= 0.6 is 15.9 Å². The monoisotopic (exact) mass is 331 g/mol. The quantitative estimate of drug-likeness (QED) is 0.819. The molecule has 2 heteroatoms. The van der Waals surface area contributed by atoms with Crippen LogP contribution in [0.15, 0.2) is 28.7 Å². The van der Waals surface area contributed by atoms with E-state index in [1.807, 2.05) is 0 Å². The molecule has 20 heavy (non-hydrogen) atoms. The predicted octanol–water partition coefficient (Wildman–Crippen LogP) is 5.04. The van der Waals surface area contributed by atoms with Gasteiger partial charge in [0.1, 0.15) is 0 Å². The molecule has 1 unspecified atom stereocenters. The van der Waals surface area contributed by atoms with Crippen LogP contribution in [0.1, 0.15) is 45.0 Å². The van der Waals surface area contributed by atoms with E-state index in [1.54, 1.807) is 0 Å². The van der Waals surface area contributed by atoms with Crippen molar-refractivity contribution >= 4 is 15.9 Å². The fourth-order valence-corrected chi connectivity index (χ4v) is 2.99. The molecule has 0 radical (unpaired) electrons. The first-order valence-electron chi connectivity index (χ1n) is 6.92. The van der Waals surface area contributed by atoms with Gasteiger partial charge < -0.3 is 5.73 Å². The van der Waals surface area contributed by atoms with Crippen molar-refractivity contribution < 1.29 is 0 Å². The number of hydrogen-bond donors (Lipinski definition) is 1. The van der Waals surface area contributed by atoms with Crippen LogP contribution < -0.4 is 5.73 Å². The van der Waals surface area contributed by atoms with E-state index in [9.17, 15) is 0 Å². The largest absolute Gasteiger partial charge is 0.320 e. The van der Waals surface area contributed by atoms with Crippen molar-refractivity contribution in [3.63, 3.8) is 0 Å². The molecule has 2 aromatic rings. The van der Waals surface area contributed by atoms with E-state index in [-0.39, 0.29) is 6.04 Å². The Kier molecular flexibility index (Phi) is 4.36. The second-order valence-electron chi connectivity index (χ2n) is 5.66. The molecule has 0 spiro atoms. The summed E-state index contributed by atoms with van der Waals surface area (Å²) in [5.41, 5.74) is 15.5. The Morgan fingerprint density at radius 2 is 1.40 bits per heavy atom. The van der Waals surface area contributed by atoms with Gasteiger partial charge in [-0.15, -0.1) is 0 Å². The summed E-state index contributed by atoms with van der Waals surface area (Å²) in [6.45, 7) is 10.8. The lowest BCUT2D eigenvalue weighted by Gasteiger charge is -2.22. The molecule has 0 aliphatic heterocycles. The van der Waals surface area contributed by atoms with Gasteiger partial charge >= 0.3 is 0 Å². The maximum absolute atomic E-state index is 6.56. The van der Waals surface area contributed by atoms with Crippen molar-refractivity contribution in [2.75, 3.05) is 0 Å². The lowest BCUT2D eigenvalue weighted by Crippen LogP contribution is -2.16. The molecule has 0 aliphatic carbocycles. The summed E-state index contributed by atoms with van der Waals surface area (Å²) in [6, 6.07) is 8.54. The molecule has 2 aromatic carbocycles. The first-order valence-corrected chi connectivity index (χ1v) is 7.71. The SMILES string of the molecule is Cc1cc(C(N)c2c(C)c(C)cc(C)c2C)ccc1Br. The van der Waals surface area contributed by atoms with E-state index < -0.39 is 0 Å². The van der Waals surface area contributed by atoms with Gasteiger partial charge in [0.25, 0.3) is 0 Å². The summed E-state index contributed by atoms with van der Waals surface area (Å²) in [5, 5.41) is 0. The van der Waals surface area contributed by atoms with Gasteiger partial charge in [0, 0.05) is 4.47 Å². The molecule has 1 nitrogen and oxygen atoms in total. The van der Waals surface area contributed by atoms with E-state index >= 15 is 0 Å². The van der Waals surface area contributed by atoms with E-state index in [1.165, 1.54) is 38.9 Å². The van der Waals surface area contributed by atoms with Crippen molar-refractivity contribution in [2.24, 2.45) is 5.73 Å². The zero-order valence-electron chi connectivity index (χ0n) is 12.8. The third-order valence-corrected chi connectivity index (χ3v) is 5.17. The fraction of sp³-hybridized carbons (Fsp3) is 0.333. The molecule has 106 valence electrons. The molecule has 2 rings (SSSR count). The van der Waals surface area contributed by atoms with E-state index in [0.717, 1.165) is 4.47 Å². The van der Waals surface area contributed by atoms with Crippen molar-refractivity contribution in [1.29, 1.82) is 0 Å². The first-order chi connectivity index (χ1) is 9.32. The minimum Gasteiger partial charge on any atom is -0.320 e. The van der Waals surface area contributed by atoms with Crippen LogP contribution in [0.5, 0.6) is 0 Å². The van der Waals surface area contributed by atoms with Crippen LogP contribution in [0.2, 0.25) is 0 Å². The van der Waals surface area contributed by atoms with Gasteiger partial charge in [0.05, 0.1) is 6.04 Å². The second kappa shape index (κ2) is 5.71. The number of aryl methyl sites for hydroxylation is 3. The van der Waals surface area contributed by atoms with Crippen LogP contribution in [0.4, 0.5) is 0 Å². The average Bonchev–Trinajstić information content (AvgIpc) is 2.40. The van der Waals surface area contributed by atoms with Crippen LogP contribution in [0.3, 0.4) is 0 Å². The zero-order valence-corrected chi connectivity index (χ0v) is 14.4. The molecule has 0 bridgehead atoms. The Bertz CT molecular complexity index is 633. The summed E-state index contributed by atoms with van der Waals surface area (Å²) in [4.78, 5) is 0. The molecule has 2 N–H and O–H groups in total. The second-order valence-corrected chi connectivity index (χ2v) is 6.51. The molecule has 0 fully saturated rings. The Morgan fingerprint density at radius 1 is 0.850 bits per heavy atom. The predicted molar refractivity (Wildman–Crippen MR) is 90.3 cm³/mol. The Balaban J connectivity index is 2.58. The van der Waals surface area contributed by atoms with Crippen molar-refractivity contribution in [2.45, 2.75) is 40.7 Å². The molecule has 0 aliphatic rings. The highest BCUT2D eigenvalue weighted by atomic mass is 79.9. The summed E-state index contributed by atoms with van der Waals surface area (Å²) < 4.78 is 1.13. The Hall–Kier alpha value is -1.12. The topological polar surface area (TPSA) is 26.0 Å². The van der Waals surface area contributed by atoms with Gasteiger partial charge in [-0.3, -0.25) is 0 Å². The first kappa shape index (κ1) is 15.3. The van der Waals surface area contributed by atoms with Crippen LogP contribution in [-0.4, -0.2) is 0 Å². The Labute approximate surface area is 130 Å². The molecule has 0 heterocycles. The lowest BCUT2D eigenvalue weighted by atomic mass is 9.87. The number of hydrogen-bond acceptors (Lipinski definition) is 1. The van der Waals surface area contributed by atoms with E-state index in [2.05, 4.69) is 74.8 Å². The highest BCUT2D eigenvalue weighted by Gasteiger charge is 2.17. The third kappa shape index (κ3) is 2.68. The minimum atomic E-state index is -0.0691. The minimum absolute atomic E-state index is 0.0691. The highest BCUT2D eigenvalue weighted by molar-refractivity contribution is 9.10. The summed E-state index contributed by atoms with van der Waals surface area (Å²) in [6.07, 6.45) is 0. The number of halogens is 1. The van der Waals surface area contributed by atoms with Gasteiger partial charge in [0.2, 0.25) is 0 Å². The maximum atomic E-state index is 6.56. The molecular weight excluding hydrogens is 310 g/mol. The normalized spacial score (nSPS) is 12.6. The van der Waals surface area contributed by atoms with Crippen LogP contribution in [0.25, 0.3) is 0 Å². The van der Waals surface area contributed by atoms with Crippen molar-refractivity contribution in [1.82, 2.24) is 0 Å². The van der Waals surface area contributed by atoms with Gasteiger partial charge in [-0.2, -0.15) is 0 Å². The number of benzene rings is 2. The molecule has 1 atom stereocenters. The third-order valence-electron chi connectivity index (χ3n) is 4.28. The summed E-state index contributed by atoms with van der Waals surface area (Å²) in [7, 11) is 0. The molecule has 0 amide bonds. The van der Waals surface area contributed by atoms with Crippen molar-refractivity contribution in [3.8, 4) is 0 Å². The van der Waals surface area contributed by atoms with Crippen LogP contribution in [-0.2, 0) is 0 Å². The smallest absolute Gasteiger partial charge is 0.0557 e. The van der Waals surface area contributed by atoms with Gasteiger partial charge in [0.15, 0.2) is 0 Å². The van der Waals surface area contributed by atoms with Gasteiger partial charge in [-0.05, 0) is 79.6 Å². The fourth-order valence-electron chi connectivity index (χ4n) is 2.74. The van der Waals surface area contributed by atoms with Crippen molar-refractivity contribution in [3.05, 3.63) is 67.7 Å². The van der Waals surface area contributed by atoms with E-state index in [4.69, 9.17) is 5.73 Å². The van der Waals surface area contributed by atoms with Crippen LogP contribution in [0, 0.1) is 34.6 Å². The average molecular weight is 332 g/mol. The summed E-state index contributed by atoms with van der Waals surface area (Å²) in [5.74, 6) is 0. The van der Waals surface area contributed by atoms with Gasteiger partial charge in [-0.25, -0.2) is 0 Å². The molecule has 0 saturated heterocycles. The number of rotatable bonds is 2. The maximum Gasteiger partial charge on any atom is 0.0557 e. The molecular formula is C18H22BrN. The van der Waals surface area contributed by atoms with Gasteiger partial charge in [-0.1, -0.05) is 34.1 Å². The standard InChI is InChI=1S/C18H22BrN/c1-10-8-11(2)14(5)17(13(10)4)18(20)15-6-7-16(19)12(3)9-15/h6-9,18H,20H2,1-5H3.